The lowest BCUT2D eigenvalue weighted by Gasteiger charge is -2.65. The van der Waals surface area contributed by atoms with E-state index in [4.69, 9.17) is 9.47 Å². The molecule has 2 aliphatic carbocycles. The number of hydrogen-bond acceptors (Lipinski definition) is 6. The van der Waals surface area contributed by atoms with Crippen molar-refractivity contribution in [1.82, 2.24) is 0 Å². The van der Waals surface area contributed by atoms with E-state index in [1.807, 2.05) is 101 Å². The Balaban J connectivity index is 1.73. The Labute approximate surface area is 347 Å². The van der Waals surface area contributed by atoms with E-state index in [2.05, 4.69) is 46.4 Å². The Kier molecular flexibility index (Phi) is 14.0. The number of aliphatic hydroxyl groups is 2. The zero-order chi connectivity index (χ0) is 42.4. The van der Waals surface area contributed by atoms with Crippen molar-refractivity contribution in [3.8, 4) is 11.5 Å². The van der Waals surface area contributed by atoms with Gasteiger partial charge in [-0.2, -0.15) is 0 Å². The number of rotatable bonds is 16. The number of carbonyl (C=O) groups is 2. The number of hydrogen-bond donors (Lipinski definition) is 2. The highest BCUT2D eigenvalue weighted by Crippen LogP contribution is 2.68. The summed E-state index contributed by atoms with van der Waals surface area (Å²) in [6.45, 7) is 23.2. The van der Waals surface area contributed by atoms with Crippen molar-refractivity contribution >= 4 is 17.3 Å². The molecule has 2 N–H and O–H groups in total. The van der Waals surface area contributed by atoms with Gasteiger partial charge in [0.25, 0.3) is 0 Å². The fourth-order valence-corrected chi connectivity index (χ4v) is 9.07. The van der Waals surface area contributed by atoms with Crippen LogP contribution < -0.4 is 9.47 Å². The quantitative estimate of drug-likeness (QED) is 0.0650. The highest BCUT2D eigenvalue weighted by molar-refractivity contribution is 6.30. The lowest BCUT2D eigenvalue weighted by molar-refractivity contribution is -0.208. The fourth-order valence-electron chi connectivity index (χ4n) is 9.07. The molecule has 308 valence electrons. The molecule has 2 aliphatic rings. The van der Waals surface area contributed by atoms with Crippen LogP contribution in [-0.2, 0) is 22.8 Å². The number of benzene rings is 3. The molecule has 5 rings (SSSR count). The second-order valence-corrected chi connectivity index (χ2v) is 18.0. The van der Waals surface area contributed by atoms with Gasteiger partial charge in [0, 0.05) is 5.56 Å². The third-order valence-corrected chi connectivity index (χ3v) is 12.8. The lowest BCUT2D eigenvalue weighted by Crippen LogP contribution is -2.71. The van der Waals surface area contributed by atoms with E-state index in [-0.39, 0.29) is 36.0 Å². The molecule has 0 aromatic heterocycles. The van der Waals surface area contributed by atoms with Gasteiger partial charge in [0.05, 0.1) is 16.9 Å². The summed E-state index contributed by atoms with van der Waals surface area (Å²) in [5.41, 5.74) is 2.58. The van der Waals surface area contributed by atoms with Gasteiger partial charge in [-0.05, 0) is 127 Å². The molecule has 58 heavy (non-hydrogen) atoms. The molecule has 3 aromatic carbocycles. The number of fused-ring (bicyclic) bond motifs is 2. The maximum Gasteiger partial charge on any atom is 0.179 e. The zero-order valence-electron chi connectivity index (χ0n) is 36.2. The second-order valence-electron chi connectivity index (χ2n) is 18.0. The molecule has 0 heterocycles. The maximum atomic E-state index is 15.6. The molecule has 5 atom stereocenters. The Morgan fingerprint density at radius 1 is 0.776 bits per heavy atom. The first-order valence-corrected chi connectivity index (χ1v) is 20.7. The molecule has 5 unspecified atom stereocenters. The van der Waals surface area contributed by atoms with Crippen molar-refractivity contribution in [3.63, 3.8) is 0 Å². The summed E-state index contributed by atoms with van der Waals surface area (Å²) in [7, 11) is 0. The number of Topliss-reactive ketones (excluding diaryl/α,β-unsaturated/α-hetero) is 2. The van der Waals surface area contributed by atoms with Gasteiger partial charge in [-0.1, -0.05) is 122 Å². The number of ketones is 2. The van der Waals surface area contributed by atoms with E-state index < -0.39 is 39.7 Å². The van der Waals surface area contributed by atoms with Crippen LogP contribution in [0.1, 0.15) is 111 Å². The monoisotopic (exact) mass is 784 g/mol. The van der Waals surface area contributed by atoms with Crippen LogP contribution in [0.2, 0.25) is 0 Å². The van der Waals surface area contributed by atoms with Crippen molar-refractivity contribution in [2.45, 2.75) is 114 Å². The molecule has 0 amide bonds. The third-order valence-electron chi connectivity index (χ3n) is 12.8. The molecule has 0 saturated heterocycles. The normalized spacial score (nSPS) is 23.6. The van der Waals surface area contributed by atoms with E-state index in [1.165, 1.54) is 0 Å². The van der Waals surface area contributed by atoms with E-state index in [1.54, 1.807) is 18.2 Å². The van der Waals surface area contributed by atoms with Crippen molar-refractivity contribution in [2.24, 2.45) is 28.1 Å². The summed E-state index contributed by atoms with van der Waals surface area (Å²) in [4.78, 5) is 31.1. The molecule has 0 spiro atoms. The number of carbonyl (C=O) groups excluding carboxylic acids is 2. The molecule has 0 aliphatic heterocycles. The molecule has 6 heteroatoms. The van der Waals surface area contributed by atoms with E-state index in [0.29, 0.717) is 43.8 Å². The van der Waals surface area contributed by atoms with Crippen molar-refractivity contribution < 1.29 is 29.3 Å². The predicted octanol–water partition coefficient (Wildman–Crippen LogP) is 12.3. The number of ether oxygens (including phenoxy) is 2. The second kappa shape index (κ2) is 18.3. The Bertz CT molecular complexity index is 2090. The third kappa shape index (κ3) is 9.03. The molecule has 2 saturated carbocycles. The summed E-state index contributed by atoms with van der Waals surface area (Å²) in [5, 5.41) is 25.5. The maximum absolute atomic E-state index is 15.6. The molecule has 6 nitrogen and oxygen atoms in total. The predicted molar refractivity (Wildman–Crippen MR) is 235 cm³/mol. The number of allylic oxidation sites excluding steroid dienone is 8. The Hall–Kier alpha value is -4.94. The summed E-state index contributed by atoms with van der Waals surface area (Å²) < 4.78 is 12.6. The Morgan fingerprint density at radius 3 is 1.86 bits per heavy atom. The van der Waals surface area contributed by atoms with Crippen LogP contribution in [0, 0.1) is 28.1 Å². The first-order valence-electron chi connectivity index (χ1n) is 20.7. The first-order chi connectivity index (χ1) is 27.4. The molecule has 0 radical (unpaired) electrons. The average molecular weight is 785 g/mol. The van der Waals surface area contributed by atoms with Gasteiger partial charge in [-0.3, -0.25) is 9.59 Å². The van der Waals surface area contributed by atoms with Crippen LogP contribution in [0.25, 0.3) is 5.76 Å². The summed E-state index contributed by atoms with van der Waals surface area (Å²) in [6, 6.07) is 24.6. The van der Waals surface area contributed by atoms with Crippen LogP contribution in [0.3, 0.4) is 0 Å². The average Bonchev–Trinajstić information content (AvgIpc) is 3.18. The standard InChI is InChI=1S/C52H64O6/c1-34(2)21-23-41(37(7)8)30-51-31-42(25-22-35(3)4)50(9,10)52(49(51)56,28-27-36(5)6)48(55)45(47(51)54)46(53)40-24-26-43(57-32-38-17-13-11-14-18-38)44(29-40)58-33-39-19-15-12-16-20-39/h11-22,24,26-27,29,41-42,49,53,56H,7,23,25,28,30-33H2,1-6,8-10H3. The van der Waals surface area contributed by atoms with Crippen LogP contribution in [0.5, 0.6) is 11.5 Å². The Morgan fingerprint density at radius 2 is 1.33 bits per heavy atom. The minimum absolute atomic E-state index is 0.110. The highest BCUT2D eigenvalue weighted by Gasteiger charge is 2.73. The lowest BCUT2D eigenvalue weighted by atomic mass is 9.37. The van der Waals surface area contributed by atoms with Crippen LogP contribution >= 0.6 is 0 Å². The summed E-state index contributed by atoms with van der Waals surface area (Å²) >= 11 is 0. The van der Waals surface area contributed by atoms with E-state index >= 15 is 9.59 Å². The van der Waals surface area contributed by atoms with Crippen LogP contribution in [0.15, 0.2) is 132 Å². The van der Waals surface area contributed by atoms with Crippen LogP contribution in [0.4, 0.5) is 0 Å². The van der Waals surface area contributed by atoms with Gasteiger partial charge < -0.3 is 19.7 Å². The minimum Gasteiger partial charge on any atom is -0.506 e. The molecule has 2 bridgehead atoms. The highest BCUT2D eigenvalue weighted by atomic mass is 16.5. The summed E-state index contributed by atoms with van der Waals surface area (Å²) in [6.07, 6.45) is 7.24. The van der Waals surface area contributed by atoms with Gasteiger partial charge in [-0.15, -0.1) is 0 Å². The largest absolute Gasteiger partial charge is 0.506 e. The van der Waals surface area contributed by atoms with Crippen molar-refractivity contribution in [2.75, 3.05) is 0 Å². The molecular formula is C52H64O6. The van der Waals surface area contributed by atoms with Gasteiger partial charge in [0.1, 0.15) is 24.5 Å². The first kappa shape index (κ1) is 44.2. The van der Waals surface area contributed by atoms with Gasteiger partial charge >= 0.3 is 0 Å². The topological polar surface area (TPSA) is 93.1 Å². The van der Waals surface area contributed by atoms with E-state index in [9.17, 15) is 10.2 Å². The molecule has 3 aromatic rings. The smallest absolute Gasteiger partial charge is 0.179 e. The zero-order valence-corrected chi connectivity index (χ0v) is 36.2. The fraction of sp³-hybridized carbons (Fsp3) is 0.423. The van der Waals surface area contributed by atoms with Gasteiger partial charge in [0.2, 0.25) is 0 Å². The number of aliphatic hydroxyl groups excluding tert-OH is 2. The summed E-state index contributed by atoms with van der Waals surface area (Å²) in [5.74, 6) is -0.875. The van der Waals surface area contributed by atoms with Crippen LogP contribution in [-0.4, -0.2) is 27.9 Å². The van der Waals surface area contributed by atoms with Gasteiger partial charge in [-0.25, -0.2) is 0 Å². The SMILES string of the molecule is C=C(C)C(CC=C(C)C)CC12CC(CC=C(C)C)C(C)(C)C(CC=C(C)C)(C(=O)C(=C(O)c3ccc(OCc4ccccc4)c(OCc4ccccc4)c3)C1=O)C2O. The van der Waals surface area contributed by atoms with Crippen molar-refractivity contribution in [1.29, 1.82) is 0 Å². The van der Waals surface area contributed by atoms with E-state index in [0.717, 1.165) is 33.4 Å². The molecule has 2 fully saturated rings. The van der Waals surface area contributed by atoms with Crippen molar-refractivity contribution in [3.05, 3.63) is 148 Å². The minimum atomic E-state index is -1.42. The molecular weight excluding hydrogens is 721 g/mol. The van der Waals surface area contributed by atoms with Gasteiger partial charge in [0.15, 0.2) is 23.1 Å².